The number of unbranched alkanes of at least 4 members (excludes halogenated alkanes) is 2. The summed E-state index contributed by atoms with van der Waals surface area (Å²) in [5.74, 6) is -1.04. The lowest BCUT2D eigenvalue weighted by atomic mass is 9.55. The van der Waals surface area contributed by atoms with Crippen molar-refractivity contribution in [3.63, 3.8) is 0 Å². The molecule has 68 heavy (non-hydrogen) atoms. The van der Waals surface area contributed by atoms with Crippen LogP contribution < -0.4 is 14.2 Å². The maximum absolute atomic E-state index is 15.2. The van der Waals surface area contributed by atoms with Gasteiger partial charge < -0.3 is 48.7 Å². The number of oxime groups is 1. The molecular weight excluding hydrogens is 867 g/mol. The third-order valence-electron chi connectivity index (χ3n) is 13.1. The van der Waals surface area contributed by atoms with E-state index in [4.69, 9.17) is 33.7 Å². The number of rotatable bonds is 25. The highest BCUT2D eigenvalue weighted by Gasteiger charge is 2.65. The molecule has 14 nitrogen and oxygen atoms in total. The van der Waals surface area contributed by atoms with E-state index < -0.39 is 17.7 Å². The largest absolute Gasteiger partial charge is 0.496 e. The molecule has 0 saturated heterocycles. The van der Waals surface area contributed by atoms with Crippen molar-refractivity contribution in [3.05, 3.63) is 143 Å². The Balaban J connectivity index is 1.45. The maximum atomic E-state index is 15.2. The van der Waals surface area contributed by atoms with Crippen LogP contribution in [0.25, 0.3) is 0 Å². The lowest BCUT2D eigenvalue weighted by Gasteiger charge is -2.60. The average molecular weight is 928 g/mol. The molecule has 358 valence electrons. The molecule has 0 radical (unpaired) electrons. The number of carbonyl (C=O) groups excluding carboxylic acids is 2. The van der Waals surface area contributed by atoms with Crippen LogP contribution in [-0.4, -0.2) is 103 Å². The minimum absolute atomic E-state index is 0.0139. The van der Waals surface area contributed by atoms with Crippen LogP contribution >= 0.6 is 0 Å². The lowest BCUT2D eigenvalue weighted by Crippen LogP contribution is -2.70. The summed E-state index contributed by atoms with van der Waals surface area (Å²) >= 11 is 0. The summed E-state index contributed by atoms with van der Waals surface area (Å²) in [6, 6.07) is 28.1. The van der Waals surface area contributed by atoms with E-state index in [9.17, 15) is 25.4 Å². The molecule has 1 heterocycles. The van der Waals surface area contributed by atoms with Gasteiger partial charge in [-0.1, -0.05) is 60.5 Å². The quantitative estimate of drug-likeness (QED) is 0.0251. The van der Waals surface area contributed by atoms with Crippen molar-refractivity contribution < 1.29 is 53.4 Å². The number of amides is 1. The van der Waals surface area contributed by atoms with E-state index >= 15 is 4.79 Å². The van der Waals surface area contributed by atoms with Crippen molar-refractivity contribution >= 4 is 17.9 Å². The summed E-state index contributed by atoms with van der Waals surface area (Å²) in [7, 11) is 1.50. The summed E-state index contributed by atoms with van der Waals surface area (Å²) in [5, 5.41) is 44.2. The van der Waals surface area contributed by atoms with Crippen LogP contribution in [0.15, 0.2) is 120 Å². The normalized spacial score (nSPS) is 21.8. The van der Waals surface area contributed by atoms with E-state index in [2.05, 4.69) is 18.7 Å². The van der Waals surface area contributed by atoms with Crippen LogP contribution in [0, 0.1) is 29.1 Å². The van der Waals surface area contributed by atoms with Gasteiger partial charge in [0.15, 0.2) is 6.29 Å². The number of methoxy groups -OCH3 is 1. The standard InChI is InChI=1S/C54H61N3O11/c1-3-27-65-54-50(57(23-28-64-29-26-60)53(62)39-17-15-37(34-55)16-18-39)33-47(56-66-36-38-11-5-4-6-12-38)45-31-40(13-7-9-24-58)44(14-8-10-25-59)51(52(45)54)46-32-43(20-22-49(46)68-54)67-42-19-21-48(63-2)41(30-42)35-61/h3-6,11-12,15-22,30-32,35,40,44,50-52,58-60H,1,7-10,13-14,23-29,33,36H2,2H3. The molecule has 6 unspecified atom stereocenters. The first kappa shape index (κ1) is 49.6. The maximum Gasteiger partial charge on any atom is 0.254 e. The molecule has 3 N–H and O–H groups in total. The van der Waals surface area contributed by atoms with Gasteiger partial charge in [-0.25, -0.2) is 0 Å². The van der Waals surface area contributed by atoms with Gasteiger partial charge in [-0.05, 0) is 109 Å². The third kappa shape index (κ3) is 11.2. The van der Waals surface area contributed by atoms with Gasteiger partial charge in [0, 0.05) is 43.2 Å². The van der Waals surface area contributed by atoms with Gasteiger partial charge in [-0.3, -0.25) is 9.59 Å². The van der Waals surface area contributed by atoms with E-state index in [0.29, 0.717) is 58.2 Å². The van der Waals surface area contributed by atoms with Crippen molar-refractivity contribution in [1.29, 1.82) is 5.26 Å². The summed E-state index contributed by atoms with van der Waals surface area (Å²) in [4.78, 5) is 35.1. The van der Waals surface area contributed by atoms with E-state index in [1.165, 1.54) is 7.11 Å². The topological polar surface area (TPSA) is 190 Å². The van der Waals surface area contributed by atoms with Gasteiger partial charge in [0.1, 0.15) is 35.6 Å². The van der Waals surface area contributed by atoms with Crippen molar-refractivity contribution in [1.82, 2.24) is 4.90 Å². The molecular formula is C54H61N3O11. The first-order valence-electron chi connectivity index (χ1n) is 23.4. The Morgan fingerprint density at radius 3 is 2.40 bits per heavy atom. The van der Waals surface area contributed by atoms with Crippen LogP contribution in [0.5, 0.6) is 23.0 Å². The molecule has 0 spiro atoms. The fourth-order valence-electron chi connectivity index (χ4n) is 10.1. The summed E-state index contributed by atoms with van der Waals surface area (Å²) in [5.41, 5.74) is 4.33. The predicted molar refractivity (Wildman–Crippen MR) is 255 cm³/mol. The van der Waals surface area contributed by atoms with E-state index in [0.717, 1.165) is 48.7 Å². The molecule has 3 aliphatic rings. The number of nitrogens with zero attached hydrogens (tertiary/aromatic N) is 3. The molecule has 4 aromatic rings. The first-order valence-corrected chi connectivity index (χ1v) is 23.4. The number of aliphatic hydroxyl groups excluding tert-OH is 3. The second kappa shape index (κ2) is 24.1. The van der Waals surface area contributed by atoms with Gasteiger partial charge in [-0.2, -0.15) is 5.26 Å². The number of carbonyl (C=O) groups is 2. The summed E-state index contributed by atoms with van der Waals surface area (Å²) in [6.07, 6.45) is 9.00. The zero-order chi connectivity index (χ0) is 47.9. The van der Waals surface area contributed by atoms with Crippen molar-refractivity contribution in [3.8, 4) is 29.1 Å². The highest BCUT2D eigenvalue weighted by Crippen LogP contribution is 2.62. The number of ether oxygens (including phenoxy) is 5. The second-order valence-electron chi connectivity index (χ2n) is 17.2. The Labute approximate surface area is 398 Å². The molecule has 6 atom stereocenters. The molecule has 7 rings (SSSR count). The van der Waals surface area contributed by atoms with Gasteiger partial charge >= 0.3 is 0 Å². The average Bonchev–Trinajstić information content (AvgIpc) is 3.37. The predicted octanol–water partition coefficient (Wildman–Crippen LogP) is 8.16. The number of benzene rings is 4. The molecule has 14 heteroatoms. The smallest absolute Gasteiger partial charge is 0.254 e. The van der Waals surface area contributed by atoms with Crippen LogP contribution in [-0.2, 0) is 20.9 Å². The van der Waals surface area contributed by atoms with Crippen LogP contribution in [0.3, 0.4) is 0 Å². The van der Waals surface area contributed by atoms with E-state index in [-0.39, 0.29) is 82.9 Å². The highest BCUT2D eigenvalue weighted by molar-refractivity contribution is 6.03. The first-order chi connectivity index (χ1) is 33.3. The van der Waals surface area contributed by atoms with Gasteiger partial charge in [0.05, 0.1) is 62.4 Å². The number of nitriles is 1. The molecule has 0 bridgehead atoms. The SMILES string of the molecule is C=CCOC12Oc3ccc(Oc4ccc(OC)c(C=O)c4)cc3C3C(CCCCO)C(CCCCO)C=C(C(=NOCc4ccccc4)CC1N(CCOCCO)C(=O)c1ccc(C#N)cc1)C32. The van der Waals surface area contributed by atoms with Crippen molar-refractivity contribution in [2.45, 2.75) is 69.3 Å². The van der Waals surface area contributed by atoms with Gasteiger partial charge in [0.2, 0.25) is 5.79 Å². The molecule has 1 fully saturated rings. The Kier molecular flexibility index (Phi) is 17.6. The molecule has 1 aliphatic heterocycles. The number of fused-ring (bicyclic) bond motifs is 2. The van der Waals surface area contributed by atoms with Crippen LogP contribution in [0.2, 0.25) is 0 Å². The number of hydrogen-bond donors (Lipinski definition) is 3. The Morgan fingerprint density at radius 2 is 1.69 bits per heavy atom. The minimum atomic E-state index is -1.56. The molecule has 1 saturated carbocycles. The minimum Gasteiger partial charge on any atom is -0.496 e. The Bertz CT molecular complexity index is 2430. The lowest BCUT2D eigenvalue weighted by molar-refractivity contribution is -0.254. The fourth-order valence-corrected chi connectivity index (χ4v) is 10.1. The monoisotopic (exact) mass is 927 g/mol. The second-order valence-corrected chi connectivity index (χ2v) is 17.2. The van der Waals surface area contributed by atoms with Crippen molar-refractivity contribution in [2.24, 2.45) is 22.9 Å². The van der Waals surface area contributed by atoms with Gasteiger partial charge in [0.25, 0.3) is 5.91 Å². The zero-order valence-electron chi connectivity index (χ0n) is 38.5. The zero-order valence-corrected chi connectivity index (χ0v) is 38.5. The van der Waals surface area contributed by atoms with E-state index in [1.54, 1.807) is 59.5 Å². The Morgan fingerprint density at radius 1 is 0.941 bits per heavy atom. The molecule has 0 aromatic heterocycles. The summed E-state index contributed by atoms with van der Waals surface area (Å²) in [6.45, 7) is 4.40. The molecule has 1 amide bonds. The van der Waals surface area contributed by atoms with Crippen molar-refractivity contribution in [2.75, 3.05) is 53.3 Å². The third-order valence-corrected chi connectivity index (χ3v) is 13.1. The van der Waals surface area contributed by atoms with Crippen LogP contribution in [0.1, 0.15) is 88.3 Å². The van der Waals surface area contributed by atoms with E-state index in [1.807, 2.05) is 42.5 Å². The number of aldehydes is 1. The molecule has 4 aromatic carbocycles. The van der Waals surface area contributed by atoms with Crippen LogP contribution in [0.4, 0.5) is 0 Å². The number of hydrogen-bond acceptors (Lipinski definition) is 13. The molecule has 2 aliphatic carbocycles. The summed E-state index contributed by atoms with van der Waals surface area (Å²) < 4.78 is 32.2. The van der Waals surface area contributed by atoms with Gasteiger partial charge in [-0.15, -0.1) is 6.58 Å². The number of allylic oxidation sites excluding steroid dienone is 1. The number of aliphatic hydroxyl groups is 3. The fraction of sp³-hybridized carbons (Fsp3) is 0.407. The Hall–Kier alpha value is -6.34. The highest BCUT2D eigenvalue weighted by atomic mass is 16.7.